The van der Waals surface area contributed by atoms with Crippen molar-refractivity contribution in [2.75, 3.05) is 17.1 Å². The summed E-state index contributed by atoms with van der Waals surface area (Å²) in [6.07, 6.45) is -3.79. The first kappa shape index (κ1) is 30.1. The highest BCUT2D eigenvalue weighted by Crippen LogP contribution is 2.32. The maximum absolute atomic E-state index is 13.5. The third kappa shape index (κ3) is 8.73. The average molecular weight is 546 g/mol. The molecule has 0 heterocycles. The summed E-state index contributed by atoms with van der Waals surface area (Å²) in [5.74, 6) is -1.81. The molecule has 0 radical (unpaired) electrons. The number of rotatable bonds is 9. The number of hydrogen-bond donors (Lipinski definition) is 1. The fraction of sp³-hybridized carbons (Fsp3) is 0.440. The Labute approximate surface area is 214 Å². The highest BCUT2D eigenvalue weighted by atomic mass is 32.2. The number of halogens is 4. The van der Waals surface area contributed by atoms with Crippen LogP contribution in [0.15, 0.2) is 48.5 Å². The zero-order valence-corrected chi connectivity index (χ0v) is 22.1. The van der Waals surface area contributed by atoms with Gasteiger partial charge in [0.2, 0.25) is 21.8 Å². The summed E-state index contributed by atoms with van der Waals surface area (Å²) in [5, 5.41) is 2.79. The van der Waals surface area contributed by atoms with Crippen LogP contribution in [0, 0.1) is 5.82 Å². The molecule has 0 aliphatic rings. The molecule has 12 heteroatoms. The SMILES string of the molecule is CC[C@H](C(=O)NC(C)(C)C)N(Cc1ccc(F)cc1)C(=O)CN(c1cccc(C(F)(F)F)c1)S(C)(=O)=O. The van der Waals surface area contributed by atoms with Gasteiger partial charge in [-0.05, 0) is 63.1 Å². The van der Waals surface area contributed by atoms with Crippen molar-refractivity contribution in [2.45, 2.75) is 58.4 Å². The number of nitrogens with one attached hydrogen (secondary N) is 1. The van der Waals surface area contributed by atoms with Gasteiger partial charge in [0.25, 0.3) is 0 Å². The molecule has 0 fully saturated rings. The second kappa shape index (κ2) is 11.5. The summed E-state index contributed by atoms with van der Waals surface area (Å²) >= 11 is 0. The molecule has 0 bridgehead atoms. The Balaban J connectivity index is 2.50. The number of amides is 2. The summed E-state index contributed by atoms with van der Waals surface area (Å²) in [6.45, 7) is 5.92. The van der Waals surface area contributed by atoms with Gasteiger partial charge in [0.1, 0.15) is 18.4 Å². The van der Waals surface area contributed by atoms with E-state index in [1.165, 1.54) is 24.3 Å². The van der Waals surface area contributed by atoms with Gasteiger partial charge in [-0.15, -0.1) is 0 Å². The lowest BCUT2D eigenvalue weighted by molar-refractivity contribution is -0.141. The Morgan fingerprint density at radius 1 is 1.03 bits per heavy atom. The first-order valence-electron chi connectivity index (χ1n) is 11.4. The van der Waals surface area contributed by atoms with Crippen LogP contribution in [0.1, 0.15) is 45.2 Å². The van der Waals surface area contributed by atoms with Crippen LogP contribution >= 0.6 is 0 Å². The first-order valence-corrected chi connectivity index (χ1v) is 13.3. The molecule has 0 spiro atoms. The van der Waals surface area contributed by atoms with Crippen LogP contribution < -0.4 is 9.62 Å². The molecule has 0 saturated heterocycles. The third-order valence-electron chi connectivity index (χ3n) is 5.29. The van der Waals surface area contributed by atoms with Crippen LogP contribution in [-0.2, 0) is 32.3 Å². The van der Waals surface area contributed by atoms with Crippen molar-refractivity contribution in [3.05, 3.63) is 65.5 Å². The highest BCUT2D eigenvalue weighted by molar-refractivity contribution is 7.92. The van der Waals surface area contributed by atoms with Crippen LogP contribution in [0.25, 0.3) is 0 Å². The van der Waals surface area contributed by atoms with E-state index in [0.29, 0.717) is 15.9 Å². The number of carbonyl (C=O) groups is 2. The molecule has 1 N–H and O–H groups in total. The molecule has 0 aromatic heterocycles. The van der Waals surface area contributed by atoms with Gasteiger partial charge < -0.3 is 10.2 Å². The molecule has 204 valence electrons. The van der Waals surface area contributed by atoms with Gasteiger partial charge in [-0.25, -0.2) is 12.8 Å². The van der Waals surface area contributed by atoms with Crippen molar-refractivity contribution >= 4 is 27.5 Å². The van der Waals surface area contributed by atoms with Crippen LogP contribution in [0.3, 0.4) is 0 Å². The minimum atomic E-state index is -4.73. The Morgan fingerprint density at radius 2 is 1.62 bits per heavy atom. The van der Waals surface area contributed by atoms with Gasteiger partial charge in [-0.1, -0.05) is 25.1 Å². The monoisotopic (exact) mass is 545 g/mol. The van der Waals surface area contributed by atoms with Crippen molar-refractivity contribution in [1.29, 1.82) is 0 Å². The highest BCUT2D eigenvalue weighted by Gasteiger charge is 2.35. The minimum absolute atomic E-state index is 0.157. The molecule has 2 aromatic carbocycles. The number of benzene rings is 2. The summed E-state index contributed by atoms with van der Waals surface area (Å²) in [5.41, 5.74) is -1.59. The van der Waals surface area contributed by atoms with Crippen LogP contribution in [0.5, 0.6) is 0 Å². The summed E-state index contributed by atoms with van der Waals surface area (Å²) in [7, 11) is -4.20. The maximum Gasteiger partial charge on any atom is 0.416 e. The topological polar surface area (TPSA) is 86.8 Å². The van der Waals surface area contributed by atoms with Crippen molar-refractivity contribution in [2.24, 2.45) is 0 Å². The quantitative estimate of drug-likeness (QED) is 0.476. The Kier molecular flexibility index (Phi) is 9.34. The average Bonchev–Trinajstić information content (AvgIpc) is 2.76. The third-order valence-corrected chi connectivity index (χ3v) is 6.43. The molecular formula is C25H31F4N3O4S. The smallest absolute Gasteiger partial charge is 0.350 e. The fourth-order valence-electron chi connectivity index (χ4n) is 3.61. The lowest BCUT2D eigenvalue weighted by Crippen LogP contribution is -2.55. The van der Waals surface area contributed by atoms with Crippen molar-refractivity contribution < 1.29 is 35.6 Å². The molecule has 2 aromatic rings. The van der Waals surface area contributed by atoms with Gasteiger partial charge in [0.15, 0.2) is 0 Å². The predicted molar refractivity (Wildman–Crippen MR) is 133 cm³/mol. The van der Waals surface area contributed by atoms with E-state index in [-0.39, 0.29) is 18.7 Å². The van der Waals surface area contributed by atoms with E-state index in [1.807, 2.05) is 0 Å². The summed E-state index contributed by atoms with van der Waals surface area (Å²) in [6, 6.07) is 7.80. The van der Waals surface area contributed by atoms with Crippen LogP contribution in [0.4, 0.5) is 23.2 Å². The van der Waals surface area contributed by atoms with Crippen molar-refractivity contribution in [3.63, 3.8) is 0 Å². The molecule has 0 aliphatic heterocycles. The molecule has 0 aliphatic carbocycles. The van der Waals surface area contributed by atoms with Crippen molar-refractivity contribution in [1.82, 2.24) is 10.2 Å². The second-order valence-corrected chi connectivity index (χ2v) is 11.5. The number of alkyl halides is 3. The van der Waals surface area contributed by atoms with E-state index in [0.717, 1.165) is 29.4 Å². The van der Waals surface area contributed by atoms with Crippen LogP contribution in [0.2, 0.25) is 0 Å². The molecule has 37 heavy (non-hydrogen) atoms. The Morgan fingerprint density at radius 3 is 2.11 bits per heavy atom. The van der Waals surface area contributed by atoms with E-state index < -0.39 is 57.5 Å². The lowest BCUT2D eigenvalue weighted by atomic mass is 10.1. The first-order chi connectivity index (χ1) is 16.9. The van der Waals surface area contributed by atoms with E-state index in [2.05, 4.69) is 5.32 Å². The van der Waals surface area contributed by atoms with Gasteiger partial charge in [-0.2, -0.15) is 13.2 Å². The summed E-state index contributed by atoms with van der Waals surface area (Å²) in [4.78, 5) is 27.8. The Bertz CT molecular complexity index is 1210. The second-order valence-electron chi connectivity index (χ2n) is 9.63. The molecule has 7 nitrogen and oxygen atoms in total. The number of anilines is 1. The molecular weight excluding hydrogens is 514 g/mol. The van der Waals surface area contributed by atoms with Gasteiger partial charge in [-0.3, -0.25) is 13.9 Å². The number of nitrogens with zero attached hydrogens (tertiary/aromatic N) is 2. The van der Waals surface area contributed by atoms with Gasteiger partial charge in [0, 0.05) is 12.1 Å². The zero-order chi connectivity index (χ0) is 28.2. The lowest BCUT2D eigenvalue weighted by Gasteiger charge is -2.34. The molecule has 0 unspecified atom stereocenters. The van der Waals surface area contributed by atoms with E-state index in [1.54, 1.807) is 27.7 Å². The number of hydrogen-bond acceptors (Lipinski definition) is 4. The number of sulfonamides is 1. The standard InChI is InChI=1S/C25H31F4N3O4S/c1-6-21(23(34)30-24(2,3)4)31(15-17-10-12-19(26)13-11-17)22(33)16-32(37(5,35)36)20-9-7-8-18(14-20)25(27,28)29/h7-14,21H,6,15-16H2,1-5H3,(H,30,34)/t21-/m1/s1. The van der Waals surface area contributed by atoms with Gasteiger partial charge >= 0.3 is 6.18 Å². The summed E-state index contributed by atoms with van der Waals surface area (Å²) < 4.78 is 78.9. The molecule has 2 amide bonds. The van der Waals surface area contributed by atoms with Gasteiger partial charge in [0.05, 0.1) is 17.5 Å². The minimum Gasteiger partial charge on any atom is -0.350 e. The molecule has 1 atom stereocenters. The van der Waals surface area contributed by atoms with E-state index in [4.69, 9.17) is 0 Å². The zero-order valence-electron chi connectivity index (χ0n) is 21.3. The van der Waals surface area contributed by atoms with E-state index >= 15 is 0 Å². The predicted octanol–water partition coefficient (Wildman–Crippen LogP) is 4.33. The van der Waals surface area contributed by atoms with Crippen LogP contribution in [-0.4, -0.2) is 49.5 Å². The Hall–Kier alpha value is -3.15. The number of carbonyl (C=O) groups excluding carboxylic acids is 2. The molecule has 2 rings (SSSR count). The van der Waals surface area contributed by atoms with Crippen molar-refractivity contribution in [3.8, 4) is 0 Å². The molecule has 0 saturated carbocycles. The largest absolute Gasteiger partial charge is 0.416 e. The fourth-order valence-corrected chi connectivity index (χ4v) is 4.45. The normalized spacial score (nSPS) is 13.1. The maximum atomic E-state index is 13.5. The van der Waals surface area contributed by atoms with E-state index in [9.17, 15) is 35.6 Å².